The Bertz CT molecular complexity index is 569. The van der Waals surface area contributed by atoms with Crippen LogP contribution in [-0.4, -0.2) is 22.6 Å². The molecule has 3 heteroatoms. The zero-order chi connectivity index (χ0) is 15.2. The van der Waals surface area contributed by atoms with Gasteiger partial charge in [-0.3, -0.25) is 0 Å². The Morgan fingerprint density at radius 3 is 2.67 bits per heavy atom. The van der Waals surface area contributed by atoms with Gasteiger partial charge in [-0.15, -0.1) is 0 Å². The zero-order valence-electron chi connectivity index (χ0n) is 13.9. The van der Waals surface area contributed by atoms with E-state index in [4.69, 9.17) is 4.98 Å². The molecule has 0 saturated heterocycles. The first-order chi connectivity index (χ1) is 10.2. The van der Waals surface area contributed by atoms with Gasteiger partial charge >= 0.3 is 0 Å². The van der Waals surface area contributed by atoms with Crippen molar-refractivity contribution in [1.82, 2.24) is 14.9 Å². The summed E-state index contributed by atoms with van der Waals surface area (Å²) in [6.07, 6.45) is 3.26. The summed E-state index contributed by atoms with van der Waals surface area (Å²) < 4.78 is 2.41. The van der Waals surface area contributed by atoms with Gasteiger partial charge in [-0.2, -0.15) is 0 Å². The number of hydrogen-bond donors (Lipinski definition) is 1. The molecule has 0 fully saturated rings. The lowest BCUT2D eigenvalue weighted by molar-refractivity contribution is 0.512. The molecule has 2 rings (SSSR count). The summed E-state index contributed by atoms with van der Waals surface area (Å²) in [7, 11) is 0. The van der Waals surface area contributed by atoms with Gasteiger partial charge in [-0.25, -0.2) is 4.98 Å². The van der Waals surface area contributed by atoms with Crippen LogP contribution in [-0.2, 0) is 19.4 Å². The molecule has 116 valence electrons. The summed E-state index contributed by atoms with van der Waals surface area (Å²) in [5, 5.41) is 3.48. The molecule has 1 aromatic carbocycles. The Morgan fingerprint density at radius 2 is 2.00 bits per heavy atom. The van der Waals surface area contributed by atoms with Crippen molar-refractivity contribution in [3.63, 3.8) is 0 Å². The molecule has 0 radical (unpaired) electrons. The second kappa shape index (κ2) is 7.60. The number of nitrogens with zero attached hydrogens (tertiary/aromatic N) is 2. The fourth-order valence-corrected chi connectivity index (χ4v) is 2.71. The second-order valence-electron chi connectivity index (χ2n) is 6.21. The number of nitrogens with one attached hydrogen (secondary N) is 1. The SMILES string of the molecule is CCCNCCc1nc2cc(CC)ccc2n1CC(C)C. The zero-order valence-corrected chi connectivity index (χ0v) is 13.9. The first-order valence-corrected chi connectivity index (χ1v) is 8.34. The van der Waals surface area contributed by atoms with Crippen LogP contribution < -0.4 is 5.32 Å². The van der Waals surface area contributed by atoms with E-state index in [0.29, 0.717) is 5.92 Å². The quantitative estimate of drug-likeness (QED) is 0.748. The van der Waals surface area contributed by atoms with Crippen LogP contribution >= 0.6 is 0 Å². The highest BCUT2D eigenvalue weighted by molar-refractivity contribution is 5.77. The average molecular weight is 287 g/mol. The van der Waals surface area contributed by atoms with E-state index in [1.54, 1.807) is 0 Å². The maximum absolute atomic E-state index is 4.89. The van der Waals surface area contributed by atoms with Gasteiger partial charge in [0.15, 0.2) is 0 Å². The third kappa shape index (κ3) is 4.07. The number of rotatable bonds is 8. The number of hydrogen-bond acceptors (Lipinski definition) is 2. The van der Waals surface area contributed by atoms with Crippen molar-refractivity contribution in [2.45, 2.75) is 53.5 Å². The first kappa shape index (κ1) is 16.0. The maximum Gasteiger partial charge on any atom is 0.111 e. The summed E-state index contributed by atoms with van der Waals surface area (Å²) in [6.45, 7) is 12.1. The lowest BCUT2D eigenvalue weighted by atomic mass is 10.1. The number of fused-ring (bicyclic) bond motifs is 1. The van der Waals surface area contributed by atoms with Crippen LogP contribution in [0.3, 0.4) is 0 Å². The third-order valence-corrected chi connectivity index (χ3v) is 3.80. The molecule has 1 heterocycles. The van der Waals surface area contributed by atoms with Crippen molar-refractivity contribution in [2.75, 3.05) is 13.1 Å². The highest BCUT2D eigenvalue weighted by Crippen LogP contribution is 2.20. The summed E-state index contributed by atoms with van der Waals surface area (Å²) in [5.41, 5.74) is 3.80. The summed E-state index contributed by atoms with van der Waals surface area (Å²) in [4.78, 5) is 4.89. The van der Waals surface area contributed by atoms with Gasteiger partial charge in [0.1, 0.15) is 5.82 Å². The molecule has 1 N–H and O–H groups in total. The van der Waals surface area contributed by atoms with Crippen molar-refractivity contribution in [3.8, 4) is 0 Å². The summed E-state index contributed by atoms with van der Waals surface area (Å²) >= 11 is 0. The smallest absolute Gasteiger partial charge is 0.111 e. The van der Waals surface area contributed by atoms with Crippen molar-refractivity contribution in [3.05, 3.63) is 29.6 Å². The van der Waals surface area contributed by atoms with E-state index in [1.807, 2.05) is 0 Å². The molecular weight excluding hydrogens is 258 g/mol. The summed E-state index contributed by atoms with van der Waals surface area (Å²) in [6, 6.07) is 6.72. The summed E-state index contributed by atoms with van der Waals surface area (Å²) in [5.74, 6) is 1.85. The molecule has 1 aromatic heterocycles. The van der Waals surface area contributed by atoms with Crippen LogP contribution in [0.1, 0.15) is 45.5 Å². The molecular formula is C18H29N3. The van der Waals surface area contributed by atoms with Gasteiger partial charge in [0.25, 0.3) is 0 Å². The van der Waals surface area contributed by atoms with Crippen LogP contribution in [0.15, 0.2) is 18.2 Å². The minimum Gasteiger partial charge on any atom is -0.328 e. The van der Waals surface area contributed by atoms with Gasteiger partial charge in [0.05, 0.1) is 11.0 Å². The Kier molecular flexibility index (Phi) is 5.80. The van der Waals surface area contributed by atoms with Crippen molar-refractivity contribution >= 4 is 11.0 Å². The number of aryl methyl sites for hydroxylation is 1. The van der Waals surface area contributed by atoms with Crippen LogP contribution in [0, 0.1) is 5.92 Å². The van der Waals surface area contributed by atoms with Crippen molar-refractivity contribution < 1.29 is 0 Å². The molecule has 21 heavy (non-hydrogen) atoms. The van der Waals surface area contributed by atoms with Crippen LogP contribution in [0.25, 0.3) is 11.0 Å². The number of aromatic nitrogens is 2. The lowest BCUT2D eigenvalue weighted by Gasteiger charge is -2.12. The van der Waals surface area contributed by atoms with E-state index >= 15 is 0 Å². The minimum atomic E-state index is 0.635. The molecule has 0 aliphatic rings. The normalized spacial score (nSPS) is 11.7. The predicted molar refractivity (Wildman–Crippen MR) is 90.8 cm³/mol. The minimum absolute atomic E-state index is 0.635. The van der Waals surface area contributed by atoms with Crippen molar-refractivity contribution in [1.29, 1.82) is 0 Å². The maximum atomic E-state index is 4.89. The average Bonchev–Trinajstić information content (AvgIpc) is 2.80. The van der Waals surface area contributed by atoms with E-state index in [2.05, 4.69) is 55.8 Å². The predicted octanol–water partition coefficient (Wildman–Crippen LogP) is 3.80. The molecule has 0 amide bonds. The van der Waals surface area contributed by atoms with Crippen LogP contribution in [0.5, 0.6) is 0 Å². The molecule has 0 aliphatic heterocycles. The van der Waals surface area contributed by atoms with Gasteiger partial charge in [0, 0.05) is 19.5 Å². The van der Waals surface area contributed by atoms with Crippen LogP contribution in [0.4, 0.5) is 0 Å². The standard InChI is InChI=1S/C18H29N3/c1-5-10-19-11-9-18-20-16-12-15(6-2)7-8-17(16)21(18)13-14(3)4/h7-8,12,14,19H,5-6,9-11,13H2,1-4H3. The number of benzene rings is 1. The lowest BCUT2D eigenvalue weighted by Crippen LogP contribution is -2.20. The second-order valence-corrected chi connectivity index (χ2v) is 6.21. The van der Waals surface area contributed by atoms with Gasteiger partial charge < -0.3 is 9.88 Å². The molecule has 0 spiro atoms. The fraction of sp³-hybridized carbons (Fsp3) is 0.611. The Balaban J connectivity index is 2.27. The van der Waals surface area contributed by atoms with Gasteiger partial charge in [-0.1, -0.05) is 33.8 Å². The van der Waals surface area contributed by atoms with E-state index < -0.39 is 0 Å². The van der Waals surface area contributed by atoms with Gasteiger partial charge in [-0.05, 0) is 43.0 Å². The third-order valence-electron chi connectivity index (χ3n) is 3.80. The first-order valence-electron chi connectivity index (χ1n) is 8.34. The van der Waals surface area contributed by atoms with Crippen molar-refractivity contribution in [2.24, 2.45) is 5.92 Å². The molecule has 0 saturated carbocycles. The largest absolute Gasteiger partial charge is 0.328 e. The Hall–Kier alpha value is -1.35. The topological polar surface area (TPSA) is 29.9 Å². The highest BCUT2D eigenvalue weighted by atomic mass is 15.1. The monoisotopic (exact) mass is 287 g/mol. The molecule has 0 atom stereocenters. The van der Waals surface area contributed by atoms with Crippen LogP contribution in [0.2, 0.25) is 0 Å². The molecule has 0 aliphatic carbocycles. The molecule has 2 aromatic rings. The number of imidazole rings is 1. The molecule has 0 bridgehead atoms. The van der Waals surface area contributed by atoms with E-state index in [0.717, 1.165) is 38.0 Å². The Labute approximate surface area is 128 Å². The Morgan fingerprint density at radius 1 is 1.19 bits per heavy atom. The highest BCUT2D eigenvalue weighted by Gasteiger charge is 2.12. The molecule has 0 unspecified atom stereocenters. The van der Waals surface area contributed by atoms with E-state index in [1.165, 1.54) is 23.3 Å². The van der Waals surface area contributed by atoms with Gasteiger partial charge in [0.2, 0.25) is 0 Å². The van der Waals surface area contributed by atoms with E-state index in [-0.39, 0.29) is 0 Å². The van der Waals surface area contributed by atoms with E-state index in [9.17, 15) is 0 Å². The molecule has 3 nitrogen and oxygen atoms in total. The fourth-order valence-electron chi connectivity index (χ4n) is 2.71.